The second-order valence-corrected chi connectivity index (χ2v) is 4.74. The van der Waals surface area contributed by atoms with Crippen molar-refractivity contribution in [3.63, 3.8) is 0 Å². The molecule has 2 aromatic rings. The highest BCUT2D eigenvalue weighted by atomic mass is 19.1. The minimum atomic E-state index is -1.07. The zero-order valence-corrected chi connectivity index (χ0v) is 12.0. The normalized spacial score (nSPS) is 10.2. The van der Waals surface area contributed by atoms with Crippen molar-refractivity contribution >= 4 is 28.9 Å². The average molecular weight is 320 g/mol. The lowest BCUT2D eigenvalue weighted by atomic mass is 10.2. The fourth-order valence-electron chi connectivity index (χ4n) is 1.87. The number of para-hydroxylation sites is 2. The molecular weight excluding hydrogens is 306 g/mol. The summed E-state index contributed by atoms with van der Waals surface area (Å²) in [5, 5.41) is 13.9. The van der Waals surface area contributed by atoms with E-state index < -0.39 is 23.5 Å². The van der Waals surface area contributed by atoms with Crippen LogP contribution in [0.15, 0.2) is 42.5 Å². The first-order valence-electron chi connectivity index (χ1n) is 6.78. The van der Waals surface area contributed by atoms with Crippen molar-refractivity contribution in [2.24, 2.45) is 0 Å². The maximum atomic E-state index is 13.7. The van der Waals surface area contributed by atoms with Gasteiger partial charge in [0.15, 0.2) is 0 Å². The second kappa shape index (κ2) is 7.35. The van der Waals surface area contributed by atoms with Gasteiger partial charge in [0.1, 0.15) is 11.6 Å². The summed E-state index contributed by atoms with van der Waals surface area (Å²) < 4.78 is 26.6. The van der Waals surface area contributed by atoms with E-state index in [1.807, 2.05) is 0 Å². The van der Waals surface area contributed by atoms with Crippen LogP contribution in [0.5, 0.6) is 0 Å². The zero-order valence-electron chi connectivity index (χ0n) is 12.0. The molecule has 0 heterocycles. The first-order valence-corrected chi connectivity index (χ1v) is 6.78. The van der Waals surface area contributed by atoms with Crippen molar-refractivity contribution in [3.05, 3.63) is 54.1 Å². The number of hydrogen-bond acceptors (Lipinski definition) is 3. The smallest absolute Gasteiger partial charge is 0.303 e. The minimum Gasteiger partial charge on any atom is -0.481 e. The SMILES string of the molecule is O=C(O)CCC(=O)Nc1ccccc1Nc1ccc(F)cc1F. The minimum absolute atomic E-state index is 0.0543. The lowest BCUT2D eigenvalue weighted by Crippen LogP contribution is -2.14. The van der Waals surface area contributed by atoms with Crippen LogP contribution in [0, 0.1) is 11.6 Å². The standard InChI is InChI=1S/C16H14F2N2O3/c17-10-5-6-12(11(18)9-10)19-13-3-1-2-4-14(13)20-15(21)7-8-16(22)23/h1-6,9,19H,7-8H2,(H,20,21)(H,22,23). The number of anilines is 3. The molecule has 0 fully saturated rings. The molecule has 5 nitrogen and oxygen atoms in total. The van der Waals surface area contributed by atoms with Crippen molar-refractivity contribution in [3.8, 4) is 0 Å². The number of amides is 1. The van der Waals surface area contributed by atoms with Gasteiger partial charge in [0.25, 0.3) is 0 Å². The molecule has 0 saturated carbocycles. The molecule has 7 heteroatoms. The lowest BCUT2D eigenvalue weighted by molar-refractivity contribution is -0.138. The zero-order chi connectivity index (χ0) is 16.8. The number of carboxylic acid groups (broad SMARTS) is 1. The molecule has 0 saturated heterocycles. The fraction of sp³-hybridized carbons (Fsp3) is 0.125. The van der Waals surface area contributed by atoms with Crippen molar-refractivity contribution in [1.82, 2.24) is 0 Å². The Morgan fingerprint density at radius 2 is 1.65 bits per heavy atom. The van der Waals surface area contributed by atoms with Gasteiger partial charge in [0.2, 0.25) is 5.91 Å². The molecule has 0 spiro atoms. The number of nitrogens with one attached hydrogen (secondary N) is 2. The van der Waals surface area contributed by atoms with Crippen LogP contribution in [-0.2, 0) is 9.59 Å². The molecule has 0 aliphatic heterocycles. The van der Waals surface area contributed by atoms with Crippen LogP contribution in [0.2, 0.25) is 0 Å². The summed E-state index contributed by atoms with van der Waals surface area (Å²) in [6.45, 7) is 0. The fourth-order valence-corrected chi connectivity index (χ4v) is 1.87. The van der Waals surface area contributed by atoms with Crippen LogP contribution in [0.25, 0.3) is 0 Å². The van der Waals surface area contributed by atoms with Gasteiger partial charge >= 0.3 is 5.97 Å². The van der Waals surface area contributed by atoms with Crippen LogP contribution in [0.1, 0.15) is 12.8 Å². The number of aliphatic carboxylic acids is 1. The van der Waals surface area contributed by atoms with Crippen LogP contribution in [0.4, 0.5) is 25.8 Å². The number of rotatable bonds is 6. The quantitative estimate of drug-likeness (QED) is 0.761. The van der Waals surface area contributed by atoms with Crippen LogP contribution in [-0.4, -0.2) is 17.0 Å². The Kier molecular flexibility index (Phi) is 5.24. The third-order valence-corrected chi connectivity index (χ3v) is 2.97. The van der Waals surface area contributed by atoms with Crippen LogP contribution >= 0.6 is 0 Å². The number of carbonyl (C=O) groups excluding carboxylic acids is 1. The third kappa shape index (κ3) is 4.77. The van der Waals surface area contributed by atoms with Gasteiger partial charge in [-0.05, 0) is 24.3 Å². The largest absolute Gasteiger partial charge is 0.481 e. The molecule has 0 aromatic heterocycles. The Bertz CT molecular complexity index is 735. The van der Waals surface area contributed by atoms with Gasteiger partial charge in [0, 0.05) is 12.5 Å². The van der Waals surface area contributed by atoms with Gasteiger partial charge in [-0.15, -0.1) is 0 Å². The van der Waals surface area contributed by atoms with Gasteiger partial charge in [-0.3, -0.25) is 9.59 Å². The number of halogens is 2. The summed E-state index contributed by atoms with van der Waals surface area (Å²) in [6.07, 6.45) is -0.456. The van der Waals surface area contributed by atoms with Gasteiger partial charge in [-0.2, -0.15) is 0 Å². The lowest BCUT2D eigenvalue weighted by Gasteiger charge is -2.13. The molecular formula is C16H14F2N2O3. The first kappa shape index (κ1) is 16.4. The molecule has 0 bridgehead atoms. The van der Waals surface area contributed by atoms with E-state index in [0.29, 0.717) is 11.4 Å². The van der Waals surface area contributed by atoms with E-state index in [0.717, 1.165) is 12.1 Å². The molecule has 0 aliphatic rings. The summed E-state index contributed by atoms with van der Waals surface area (Å²) >= 11 is 0. The van der Waals surface area contributed by atoms with Gasteiger partial charge in [0.05, 0.1) is 23.5 Å². The Hall–Kier alpha value is -2.96. The van der Waals surface area contributed by atoms with Crippen molar-refractivity contribution in [2.75, 3.05) is 10.6 Å². The van der Waals surface area contributed by atoms with E-state index in [1.54, 1.807) is 24.3 Å². The number of benzene rings is 2. The van der Waals surface area contributed by atoms with E-state index in [-0.39, 0.29) is 18.5 Å². The Labute approximate surface area is 130 Å². The molecule has 1 amide bonds. The molecule has 0 atom stereocenters. The molecule has 120 valence electrons. The van der Waals surface area contributed by atoms with Crippen molar-refractivity contribution < 1.29 is 23.5 Å². The molecule has 2 aromatic carbocycles. The Balaban J connectivity index is 2.14. The van der Waals surface area contributed by atoms with E-state index >= 15 is 0 Å². The topological polar surface area (TPSA) is 78.4 Å². The van der Waals surface area contributed by atoms with Crippen molar-refractivity contribution in [1.29, 1.82) is 0 Å². The number of hydrogen-bond donors (Lipinski definition) is 3. The van der Waals surface area contributed by atoms with Gasteiger partial charge < -0.3 is 15.7 Å². The molecule has 23 heavy (non-hydrogen) atoms. The maximum absolute atomic E-state index is 13.7. The van der Waals surface area contributed by atoms with Gasteiger partial charge in [-0.25, -0.2) is 8.78 Å². The molecule has 2 rings (SSSR count). The molecule has 0 aliphatic carbocycles. The highest BCUT2D eigenvalue weighted by molar-refractivity contribution is 5.96. The molecule has 3 N–H and O–H groups in total. The summed E-state index contributed by atoms with van der Waals surface area (Å²) in [4.78, 5) is 22.2. The van der Waals surface area contributed by atoms with Crippen LogP contribution < -0.4 is 10.6 Å². The van der Waals surface area contributed by atoms with E-state index in [1.165, 1.54) is 6.07 Å². The molecule has 0 radical (unpaired) electrons. The Morgan fingerprint density at radius 1 is 0.957 bits per heavy atom. The summed E-state index contributed by atoms with van der Waals surface area (Å²) in [7, 11) is 0. The predicted molar refractivity (Wildman–Crippen MR) is 81.6 cm³/mol. The van der Waals surface area contributed by atoms with Gasteiger partial charge in [-0.1, -0.05) is 12.1 Å². The van der Waals surface area contributed by atoms with Crippen molar-refractivity contribution in [2.45, 2.75) is 12.8 Å². The number of carbonyl (C=O) groups is 2. The van der Waals surface area contributed by atoms with E-state index in [9.17, 15) is 18.4 Å². The van der Waals surface area contributed by atoms with E-state index in [2.05, 4.69) is 10.6 Å². The predicted octanol–water partition coefficient (Wildman–Crippen LogP) is 3.51. The average Bonchev–Trinajstić information content (AvgIpc) is 2.50. The monoisotopic (exact) mass is 320 g/mol. The first-order chi connectivity index (χ1) is 11.0. The summed E-state index contributed by atoms with van der Waals surface area (Å²) in [5.74, 6) is -3.00. The number of carboxylic acids is 1. The Morgan fingerprint density at radius 3 is 2.30 bits per heavy atom. The second-order valence-electron chi connectivity index (χ2n) is 4.74. The third-order valence-electron chi connectivity index (χ3n) is 2.97. The summed E-state index contributed by atoms with van der Waals surface area (Å²) in [5.41, 5.74) is 0.826. The summed E-state index contributed by atoms with van der Waals surface area (Å²) in [6, 6.07) is 9.64. The highest BCUT2D eigenvalue weighted by Crippen LogP contribution is 2.27. The maximum Gasteiger partial charge on any atom is 0.303 e. The van der Waals surface area contributed by atoms with E-state index in [4.69, 9.17) is 5.11 Å². The highest BCUT2D eigenvalue weighted by Gasteiger charge is 2.10. The molecule has 0 unspecified atom stereocenters. The van der Waals surface area contributed by atoms with Crippen LogP contribution in [0.3, 0.4) is 0 Å².